The molecule has 0 bridgehead atoms. The van der Waals surface area contributed by atoms with Crippen LogP contribution in [0.1, 0.15) is 6.42 Å². The molecule has 0 aliphatic heterocycles. The molecule has 4 heteroatoms. The summed E-state index contributed by atoms with van der Waals surface area (Å²) >= 11 is -1.29. The Morgan fingerprint density at radius 1 is 1.20 bits per heavy atom. The SMILES string of the molecule is C[Si](C)(C)CC[CH2][Al]([Cl])[Cl]. The zero-order valence-corrected chi connectivity index (χ0v) is 10.6. The van der Waals surface area contributed by atoms with E-state index in [1.165, 1.54) is 12.5 Å². The van der Waals surface area contributed by atoms with Gasteiger partial charge in [0.2, 0.25) is 0 Å². The molecule has 60 valence electrons. The number of rotatable bonds is 4. The van der Waals surface area contributed by atoms with Gasteiger partial charge in [0.05, 0.1) is 0 Å². The van der Waals surface area contributed by atoms with Crippen LogP contribution < -0.4 is 0 Å². The Hall–Kier alpha value is 1.33. The van der Waals surface area contributed by atoms with Crippen LogP contribution in [0.2, 0.25) is 31.0 Å². The summed E-state index contributed by atoms with van der Waals surface area (Å²) in [5, 5.41) is 1.09. The Morgan fingerprint density at radius 3 is 2.00 bits per heavy atom. The molecule has 0 saturated heterocycles. The predicted molar refractivity (Wildman–Crippen MR) is 55.0 cm³/mol. The van der Waals surface area contributed by atoms with Crippen molar-refractivity contribution < 1.29 is 0 Å². The maximum Gasteiger partial charge on any atom is 0.519 e. The lowest BCUT2D eigenvalue weighted by atomic mass is 10.6. The molecule has 0 aliphatic carbocycles. The average Bonchev–Trinajstić information content (AvgIpc) is 1.59. The van der Waals surface area contributed by atoms with E-state index in [-0.39, 0.29) is 0 Å². The summed E-state index contributed by atoms with van der Waals surface area (Å²) < 4.78 is 0. The molecular formula is C6H15AlCl2Si. The molecule has 0 nitrogen and oxygen atoms in total. The van der Waals surface area contributed by atoms with E-state index >= 15 is 0 Å². The Balaban J connectivity index is 3.21. The summed E-state index contributed by atoms with van der Waals surface area (Å²) in [6, 6.07) is 1.37. The van der Waals surface area contributed by atoms with Crippen molar-refractivity contribution in [3.8, 4) is 0 Å². The first-order valence-electron chi connectivity index (χ1n) is 3.70. The van der Waals surface area contributed by atoms with Gasteiger partial charge in [-0.3, -0.25) is 0 Å². The van der Waals surface area contributed by atoms with E-state index in [0.29, 0.717) is 0 Å². The molecule has 10 heavy (non-hydrogen) atoms. The molecular weight excluding hydrogens is 198 g/mol. The van der Waals surface area contributed by atoms with Crippen molar-refractivity contribution in [1.82, 2.24) is 0 Å². The van der Waals surface area contributed by atoms with Crippen LogP contribution in [-0.2, 0) is 0 Å². The van der Waals surface area contributed by atoms with Crippen LogP contribution >= 0.6 is 20.1 Å². The number of hydrogen-bond donors (Lipinski definition) is 0. The lowest BCUT2D eigenvalue weighted by molar-refractivity contribution is 1.04. The van der Waals surface area contributed by atoms with Gasteiger partial charge in [0.1, 0.15) is 0 Å². The molecule has 0 saturated carbocycles. The van der Waals surface area contributed by atoms with Crippen LogP contribution in [0.3, 0.4) is 0 Å². The van der Waals surface area contributed by atoms with Gasteiger partial charge >= 0.3 is 12.3 Å². The third kappa shape index (κ3) is 9.33. The highest BCUT2D eigenvalue weighted by Gasteiger charge is 2.15. The second kappa shape index (κ2) is 5.06. The summed E-state index contributed by atoms with van der Waals surface area (Å²) in [6.45, 7) is 7.14. The van der Waals surface area contributed by atoms with Gasteiger partial charge < -0.3 is 0 Å². The van der Waals surface area contributed by atoms with Gasteiger partial charge in [-0.2, -0.15) is 0 Å². The van der Waals surface area contributed by atoms with Gasteiger partial charge in [0.25, 0.3) is 0 Å². The second-order valence-electron chi connectivity index (χ2n) is 3.84. The number of halogens is 2. The van der Waals surface area contributed by atoms with Crippen molar-refractivity contribution in [3.05, 3.63) is 0 Å². The lowest BCUT2D eigenvalue weighted by Crippen LogP contribution is -2.18. The molecule has 0 amide bonds. The molecule has 0 radical (unpaired) electrons. The third-order valence-electron chi connectivity index (χ3n) is 1.35. The van der Waals surface area contributed by atoms with Crippen LogP contribution in [0.15, 0.2) is 0 Å². The minimum Gasteiger partial charge on any atom is -0.234 e. The van der Waals surface area contributed by atoms with Gasteiger partial charge in [-0.1, -0.05) is 37.4 Å². The fraction of sp³-hybridized carbons (Fsp3) is 1.00. The minimum absolute atomic E-state index is 0.819. The molecule has 0 rings (SSSR count). The summed E-state index contributed by atoms with van der Waals surface area (Å²) in [5.41, 5.74) is 0. The van der Waals surface area contributed by atoms with Crippen molar-refractivity contribution in [1.29, 1.82) is 0 Å². The molecule has 0 atom stereocenters. The van der Waals surface area contributed by atoms with Crippen molar-refractivity contribution in [2.75, 3.05) is 0 Å². The van der Waals surface area contributed by atoms with E-state index in [9.17, 15) is 0 Å². The number of hydrogen-bond acceptors (Lipinski definition) is 0. The predicted octanol–water partition coefficient (Wildman–Crippen LogP) is 3.68. The zero-order valence-electron chi connectivity index (χ0n) is 6.95. The van der Waals surface area contributed by atoms with E-state index in [0.717, 1.165) is 5.28 Å². The fourth-order valence-electron chi connectivity index (χ4n) is 0.787. The Morgan fingerprint density at radius 2 is 1.70 bits per heavy atom. The van der Waals surface area contributed by atoms with E-state index in [2.05, 4.69) is 19.6 Å². The van der Waals surface area contributed by atoms with Gasteiger partial charge in [-0.15, -0.1) is 0 Å². The average molecular weight is 213 g/mol. The van der Waals surface area contributed by atoms with E-state index < -0.39 is 20.4 Å². The van der Waals surface area contributed by atoms with Crippen LogP contribution in [0.4, 0.5) is 0 Å². The maximum atomic E-state index is 5.73. The Kier molecular flexibility index (Phi) is 5.73. The molecule has 0 fully saturated rings. The Labute approximate surface area is 77.7 Å². The third-order valence-corrected chi connectivity index (χ3v) is 5.36. The smallest absolute Gasteiger partial charge is 0.234 e. The highest BCUT2D eigenvalue weighted by Crippen LogP contribution is 2.16. The van der Waals surface area contributed by atoms with Crippen molar-refractivity contribution in [2.24, 2.45) is 0 Å². The molecule has 0 spiro atoms. The van der Waals surface area contributed by atoms with Gasteiger partial charge in [-0.25, -0.2) is 20.1 Å². The highest BCUT2D eigenvalue weighted by atomic mass is 35.7. The topological polar surface area (TPSA) is 0 Å². The fourth-order valence-corrected chi connectivity index (χ4v) is 3.90. The van der Waals surface area contributed by atoms with Gasteiger partial charge in [0.15, 0.2) is 0 Å². The first-order valence-corrected chi connectivity index (χ1v) is 11.7. The van der Waals surface area contributed by atoms with Crippen molar-refractivity contribution >= 4 is 40.5 Å². The molecule has 0 N–H and O–H groups in total. The quantitative estimate of drug-likeness (QED) is 0.625. The first kappa shape index (κ1) is 11.3. The van der Waals surface area contributed by atoms with Crippen LogP contribution in [0.25, 0.3) is 0 Å². The minimum atomic E-state index is -1.29. The van der Waals surface area contributed by atoms with E-state index in [1.54, 1.807) is 0 Å². The summed E-state index contributed by atoms with van der Waals surface area (Å²) in [7, 11) is 10.6. The van der Waals surface area contributed by atoms with Crippen molar-refractivity contribution in [3.63, 3.8) is 0 Å². The molecule has 0 aliphatic rings. The van der Waals surface area contributed by atoms with Crippen LogP contribution in [-0.4, -0.2) is 20.4 Å². The highest BCUT2D eigenvalue weighted by molar-refractivity contribution is 7.33. The normalized spacial score (nSPS) is 11.7. The Bertz CT molecular complexity index is 90.2. The summed E-state index contributed by atoms with van der Waals surface area (Å²) in [5.74, 6) is 0. The van der Waals surface area contributed by atoms with Crippen LogP contribution in [0.5, 0.6) is 0 Å². The largest absolute Gasteiger partial charge is 0.519 e. The second-order valence-corrected chi connectivity index (χ2v) is 14.7. The maximum absolute atomic E-state index is 5.73. The monoisotopic (exact) mass is 212 g/mol. The van der Waals surface area contributed by atoms with Crippen molar-refractivity contribution in [2.45, 2.75) is 37.4 Å². The van der Waals surface area contributed by atoms with Gasteiger partial charge in [-0.05, 0) is 0 Å². The molecule has 0 unspecified atom stereocenters. The van der Waals surface area contributed by atoms with Gasteiger partial charge in [0, 0.05) is 8.07 Å². The summed E-state index contributed by atoms with van der Waals surface area (Å²) in [4.78, 5) is 0. The molecule has 0 heterocycles. The summed E-state index contributed by atoms with van der Waals surface area (Å²) in [6.07, 6.45) is 1.25. The lowest BCUT2D eigenvalue weighted by Gasteiger charge is -2.14. The van der Waals surface area contributed by atoms with E-state index in [4.69, 9.17) is 20.1 Å². The zero-order chi connectivity index (χ0) is 8.20. The van der Waals surface area contributed by atoms with E-state index in [1.807, 2.05) is 0 Å². The molecule has 0 aromatic heterocycles. The standard InChI is InChI=1S/C6H15Si.Al.2ClH/c1-5-6-7(2,3)4;;;/h1,5-6H2,2-4H3;;2*1H/q;+2;;/p-2. The molecule has 0 aromatic carbocycles. The van der Waals surface area contributed by atoms with Crippen LogP contribution in [0, 0.1) is 0 Å². The molecule has 0 aromatic rings. The first-order chi connectivity index (χ1) is 4.42.